The van der Waals surface area contributed by atoms with Crippen molar-refractivity contribution < 1.29 is 76.5 Å². The highest BCUT2D eigenvalue weighted by atomic mass is 16.5. The molecule has 6 rings (SSSR count). The molecule has 121 heavy (non-hydrogen) atoms. The van der Waals surface area contributed by atoms with Gasteiger partial charge in [0.2, 0.25) is 65.0 Å². The van der Waals surface area contributed by atoms with E-state index in [0.29, 0.717) is 49.2 Å². The number of aromatic nitrogens is 7. The Bertz CT molecular complexity index is 3920. The van der Waals surface area contributed by atoms with Gasteiger partial charge in [-0.05, 0) is 75.0 Å². The highest BCUT2D eigenvalue weighted by Gasteiger charge is 2.36. The molecular weight excluding hydrogens is 1560 g/mol. The fraction of sp³-hybridized carbons (Fsp3) is 0.622. The van der Waals surface area contributed by atoms with Crippen LogP contribution in [0.1, 0.15) is 184 Å². The zero-order valence-electron chi connectivity index (χ0n) is 69.8. The molecule has 5 aromatic rings. The molecule has 0 radical (unpaired) electrons. The molecule has 11 amide bonds. The first kappa shape index (κ1) is 99.0. The number of Topliss-reactive ketones (excluding diaryl/α,β-unsaturated/α-hetero) is 1. The second-order valence-electron chi connectivity index (χ2n) is 30.0. The first-order valence-electron chi connectivity index (χ1n) is 42.5. The van der Waals surface area contributed by atoms with Crippen LogP contribution in [-0.2, 0) is 102 Å². The summed E-state index contributed by atoms with van der Waals surface area (Å²) in [5.74, 6) is -7.57. The van der Waals surface area contributed by atoms with Gasteiger partial charge >= 0.3 is 0 Å². The molecule has 668 valence electrons. The summed E-state index contributed by atoms with van der Waals surface area (Å²) in [5.41, 5.74) is 25.8. The van der Waals surface area contributed by atoms with E-state index in [1.807, 2.05) is 31.2 Å². The number of aryl methyl sites for hydroxylation is 1. The summed E-state index contributed by atoms with van der Waals surface area (Å²) in [6.45, 7) is 2.11. The minimum Gasteiger partial charge on any atom is -0.377 e. The molecule has 22 N–H and O–H groups in total. The van der Waals surface area contributed by atoms with Crippen LogP contribution < -0.4 is 81.4 Å². The van der Waals surface area contributed by atoms with E-state index in [0.717, 1.165) is 48.8 Å². The fourth-order valence-corrected chi connectivity index (χ4v) is 13.4. The number of nitrogens with one attached hydrogen (secondary N) is 14. The number of aliphatic imine (C=N–C) groups is 1. The molecule has 0 spiro atoms. The molecule has 1 aliphatic rings. The van der Waals surface area contributed by atoms with Gasteiger partial charge in [0, 0.05) is 100 Å². The van der Waals surface area contributed by atoms with Crippen molar-refractivity contribution in [3.8, 4) is 0 Å². The number of nitrogens with zero attached hydrogens (tertiary/aromatic N) is 5. The lowest BCUT2D eigenvalue weighted by Crippen LogP contribution is -2.61. The van der Waals surface area contributed by atoms with Crippen LogP contribution in [0.25, 0.3) is 10.9 Å². The third kappa shape index (κ3) is 41.3. The molecule has 0 aliphatic carbocycles. The third-order valence-corrected chi connectivity index (χ3v) is 20.2. The highest BCUT2D eigenvalue weighted by Crippen LogP contribution is 2.21. The monoisotopic (exact) mass is 1690 g/mol. The van der Waals surface area contributed by atoms with Crippen LogP contribution in [0, 0.1) is 0 Å². The average molecular weight is 1690 g/mol. The molecule has 39 heteroatoms. The second kappa shape index (κ2) is 58.9. The molecule has 0 saturated carbocycles. The molecule has 0 unspecified atom stereocenters. The first-order chi connectivity index (χ1) is 58.7. The zero-order valence-corrected chi connectivity index (χ0v) is 69.8. The van der Waals surface area contributed by atoms with E-state index in [1.54, 1.807) is 36.5 Å². The largest absolute Gasteiger partial charge is 0.377 e. The van der Waals surface area contributed by atoms with Crippen LogP contribution in [-0.4, -0.2) is 253 Å². The molecule has 0 bridgehead atoms. The van der Waals surface area contributed by atoms with Gasteiger partial charge in [0.05, 0.1) is 58.6 Å². The van der Waals surface area contributed by atoms with Gasteiger partial charge in [-0.2, -0.15) is 5.21 Å². The van der Waals surface area contributed by atoms with Crippen LogP contribution in [0.5, 0.6) is 0 Å². The Balaban J connectivity index is 0.961. The second-order valence-corrected chi connectivity index (χ2v) is 30.0. The maximum absolute atomic E-state index is 14.8. The summed E-state index contributed by atoms with van der Waals surface area (Å²) < 4.78 is 22.1. The van der Waals surface area contributed by atoms with E-state index in [9.17, 15) is 57.5 Å². The summed E-state index contributed by atoms with van der Waals surface area (Å²) in [6.07, 6.45) is 22.0. The zero-order chi connectivity index (χ0) is 87.0. The quantitative estimate of drug-likeness (QED) is 0.0140. The van der Waals surface area contributed by atoms with Crippen molar-refractivity contribution in [2.45, 2.75) is 235 Å². The van der Waals surface area contributed by atoms with Gasteiger partial charge in [-0.1, -0.05) is 144 Å². The van der Waals surface area contributed by atoms with Crippen molar-refractivity contribution in [2.24, 2.45) is 27.9 Å². The van der Waals surface area contributed by atoms with Gasteiger partial charge < -0.3 is 105 Å². The Kier molecular flexibility index (Phi) is 48.2. The molecule has 2 aromatic carbocycles. The van der Waals surface area contributed by atoms with E-state index in [-0.39, 0.29) is 161 Å². The predicted molar refractivity (Wildman–Crippen MR) is 450 cm³/mol. The summed E-state index contributed by atoms with van der Waals surface area (Å²) in [7, 11) is 0. The van der Waals surface area contributed by atoms with Crippen molar-refractivity contribution in [1.29, 1.82) is 0 Å². The number of unbranched alkanes of at least 4 members (excludes halogenated alkanes) is 13. The number of imidazole rings is 1. The number of rotatable bonds is 54. The Labute approximate surface area is 706 Å². The highest BCUT2D eigenvalue weighted by molar-refractivity contribution is 5.99. The lowest BCUT2D eigenvalue weighted by atomic mass is 10.0. The fourth-order valence-electron chi connectivity index (χ4n) is 13.4. The van der Waals surface area contributed by atoms with E-state index in [2.05, 4.69) is 99.1 Å². The predicted octanol–water partition coefficient (Wildman–Crippen LogP) is 0.124. The summed E-state index contributed by atoms with van der Waals surface area (Å²) in [4.78, 5) is 181. The lowest BCUT2D eigenvalue weighted by Gasteiger charge is -2.28. The van der Waals surface area contributed by atoms with Crippen LogP contribution in [0.4, 0.5) is 0 Å². The van der Waals surface area contributed by atoms with E-state index in [1.165, 1.54) is 70.3 Å². The number of fused-ring (bicyclic) bond motifs is 1. The van der Waals surface area contributed by atoms with E-state index >= 15 is 0 Å². The maximum Gasteiger partial charge on any atom is 0.246 e. The van der Waals surface area contributed by atoms with Crippen LogP contribution in [0.2, 0.25) is 0 Å². The molecular formula is C82H129N23O16. The molecule has 1 saturated heterocycles. The number of carbonyl (C=O) groups is 12. The number of primary amides is 1. The minimum atomic E-state index is -1.58. The SMILES string of the molecule is CCCC[C@H](NC(=O)[C@H](Cc1cnc[nH]1)NCC(=O)COCCOCCNC(=O)COCCOCCNC(=O)CCCCCCCCCCCCCCCc1nn[nH]n1)C(=O)N[C@H]1CCC(=O)NCCCC[C@@H](C(N)=O)NC(=O)[C@H](Cc2c[nH]c3ccccc23)NC(=O)[C@H](CCCN=C(N)N)NC(=O)[C@@H](Cc2ccccc2)NC(=O)[C@H](CN)NC1=O. The van der Waals surface area contributed by atoms with E-state index < -0.39 is 114 Å². The number of benzene rings is 2. The smallest absolute Gasteiger partial charge is 0.246 e. The van der Waals surface area contributed by atoms with Gasteiger partial charge in [0.25, 0.3) is 0 Å². The normalized spacial score (nSPS) is 17.9. The third-order valence-electron chi connectivity index (χ3n) is 20.2. The number of aromatic amines is 3. The van der Waals surface area contributed by atoms with Gasteiger partial charge in [-0.15, -0.1) is 10.2 Å². The number of ether oxygens (including phenoxy) is 4. The number of guanidine groups is 1. The average Bonchev–Trinajstić information content (AvgIpc) is 1.70. The molecule has 4 heterocycles. The number of ketones is 1. The summed E-state index contributed by atoms with van der Waals surface area (Å²) in [6, 6.07) is 4.82. The topological polar surface area (TPSA) is 589 Å². The number of hydrogen-bond donors (Lipinski definition) is 18. The van der Waals surface area contributed by atoms with Crippen molar-refractivity contribution in [1.82, 2.24) is 94.1 Å². The molecule has 3 aromatic heterocycles. The number of amides is 11. The van der Waals surface area contributed by atoms with Gasteiger partial charge in [0.1, 0.15) is 55.5 Å². The minimum absolute atomic E-state index is 0.00535. The first-order valence-corrected chi connectivity index (χ1v) is 42.5. The van der Waals surface area contributed by atoms with Crippen molar-refractivity contribution >= 4 is 87.6 Å². The van der Waals surface area contributed by atoms with E-state index in [4.69, 9.17) is 41.9 Å². The maximum atomic E-state index is 14.8. The Morgan fingerprint density at radius 1 is 0.612 bits per heavy atom. The summed E-state index contributed by atoms with van der Waals surface area (Å²) >= 11 is 0. The number of carbonyl (C=O) groups excluding carboxylic acids is 12. The van der Waals surface area contributed by atoms with Gasteiger partial charge in [0.15, 0.2) is 17.6 Å². The van der Waals surface area contributed by atoms with Crippen molar-refractivity contribution in [3.63, 3.8) is 0 Å². The van der Waals surface area contributed by atoms with Crippen LogP contribution in [0.3, 0.4) is 0 Å². The number of tetrazole rings is 1. The van der Waals surface area contributed by atoms with Crippen LogP contribution in [0.15, 0.2) is 78.3 Å². The van der Waals surface area contributed by atoms with Crippen molar-refractivity contribution in [3.05, 3.63) is 96.0 Å². The Morgan fingerprint density at radius 2 is 1.23 bits per heavy atom. The molecule has 8 atom stereocenters. The Morgan fingerprint density at radius 3 is 1.89 bits per heavy atom. The Hall–Kier alpha value is -10.9. The number of nitrogens with two attached hydrogens (primary N) is 4. The number of para-hydroxylation sites is 1. The number of H-pyrrole nitrogens is 3. The standard InChI is InChI=1S/C82H129N23O16/c1-2-3-28-63(96-78(114)66(48-58-51-87-55-94-58)93-52-59(106)53-120-44-42-119-41-39-90-73(109)54-121-45-43-118-40-38-89-71(107)33-19-14-12-10-8-6-4-5-7-9-11-13-18-32-70-102-104-105-103-70)75(111)98-65-34-35-72(108)88-36-23-22-30-62(74(84)110)95-80(116)68(47-57-50-92-61-29-21-20-27-60(57)61)100-76(112)64(31-24-37-91-82(85)86)97-79(115)67(46-56-25-16-15-17-26-56)99-81(117)69(49-83)101-77(65)113/h15-17,20-21,25-27,29,50-51,55,62-69,92-93H,2-14,18-19,22-24,28,30-49,52-54,83H2,1H3,(H2,84,110)(H,87,94)(H,88,108)(H,89,107)(H,90,109)(H,95,116)(H,96,114)(H,97,115)(H,98,111)(H,99,117)(H,100,112)(H,101,113)(H4,85,86,91)(H,102,103,104,105)/t62-,63-,64-,65-,66-,67+,68-,69-/m0/s1. The lowest BCUT2D eigenvalue weighted by molar-refractivity contribution is -0.136. The van der Waals surface area contributed by atoms with Gasteiger partial charge in [-0.25, -0.2) is 4.98 Å². The van der Waals surface area contributed by atoms with Crippen LogP contribution >= 0.6 is 0 Å². The van der Waals surface area contributed by atoms with Gasteiger partial charge in [-0.3, -0.25) is 67.8 Å². The molecule has 39 nitrogen and oxygen atoms in total. The van der Waals surface area contributed by atoms with Crippen molar-refractivity contribution in [2.75, 3.05) is 92.1 Å². The molecule has 1 aliphatic heterocycles. The number of hydrogen-bond acceptors (Lipinski definition) is 23. The summed E-state index contributed by atoms with van der Waals surface area (Å²) in [5, 5.41) is 45.1. The molecule has 1 fully saturated rings.